The number of aromatic nitrogens is 3. The van der Waals surface area contributed by atoms with Crippen molar-refractivity contribution in [2.24, 2.45) is 5.92 Å². The first-order valence-electron chi connectivity index (χ1n) is 10.9. The second-order valence-electron chi connectivity index (χ2n) is 8.54. The van der Waals surface area contributed by atoms with Crippen LogP contribution in [0, 0.1) is 5.92 Å². The summed E-state index contributed by atoms with van der Waals surface area (Å²) < 4.78 is 8.07. The lowest BCUT2D eigenvalue weighted by molar-refractivity contribution is -0.119. The number of ether oxygens (including phenoxy) is 1. The number of amides is 1. The maximum atomic E-state index is 12.3. The Balaban J connectivity index is 1.42. The summed E-state index contributed by atoms with van der Waals surface area (Å²) in [6, 6.07) is 0.365. The van der Waals surface area contributed by atoms with E-state index in [2.05, 4.69) is 31.9 Å². The number of rotatable bonds is 7. The van der Waals surface area contributed by atoms with Gasteiger partial charge in [0.15, 0.2) is 5.16 Å². The van der Waals surface area contributed by atoms with Gasteiger partial charge in [0.05, 0.1) is 18.4 Å². The second kappa shape index (κ2) is 9.48. The number of carbonyl (C=O) groups excluding carboxylic acids is 1. The summed E-state index contributed by atoms with van der Waals surface area (Å²) in [4.78, 5) is 14.7. The fourth-order valence-electron chi connectivity index (χ4n) is 4.45. The summed E-state index contributed by atoms with van der Waals surface area (Å²) in [6.45, 7) is 5.99. The van der Waals surface area contributed by atoms with Gasteiger partial charge < -0.3 is 15.0 Å². The van der Waals surface area contributed by atoms with Gasteiger partial charge in [-0.25, -0.2) is 0 Å². The summed E-state index contributed by atoms with van der Waals surface area (Å²) in [7, 11) is 0. The highest BCUT2D eigenvalue weighted by atomic mass is 32.2. The van der Waals surface area contributed by atoms with Crippen LogP contribution in [0.25, 0.3) is 0 Å². The third-order valence-corrected chi connectivity index (χ3v) is 7.19. The predicted molar refractivity (Wildman–Crippen MR) is 111 cm³/mol. The van der Waals surface area contributed by atoms with E-state index in [-0.39, 0.29) is 12.0 Å². The van der Waals surface area contributed by atoms with Crippen LogP contribution in [-0.4, -0.2) is 58.3 Å². The third kappa shape index (κ3) is 5.00. The van der Waals surface area contributed by atoms with Crippen molar-refractivity contribution in [1.29, 1.82) is 0 Å². The van der Waals surface area contributed by atoms with Gasteiger partial charge in [-0.05, 0) is 44.4 Å². The van der Waals surface area contributed by atoms with E-state index in [0.29, 0.717) is 11.8 Å². The number of nitrogens with one attached hydrogen (secondary N) is 1. The van der Waals surface area contributed by atoms with Crippen molar-refractivity contribution < 1.29 is 9.53 Å². The van der Waals surface area contributed by atoms with Gasteiger partial charge in [0.1, 0.15) is 0 Å². The zero-order chi connectivity index (χ0) is 19.3. The van der Waals surface area contributed by atoms with Crippen LogP contribution in [-0.2, 0) is 16.1 Å². The van der Waals surface area contributed by atoms with Crippen LogP contribution in [0.1, 0.15) is 58.3 Å². The van der Waals surface area contributed by atoms with Gasteiger partial charge in [-0.15, -0.1) is 10.2 Å². The van der Waals surface area contributed by atoms with Gasteiger partial charge in [0, 0.05) is 25.7 Å². The van der Waals surface area contributed by atoms with E-state index in [1.54, 1.807) is 0 Å². The Hall–Kier alpha value is -1.28. The van der Waals surface area contributed by atoms with Crippen LogP contribution in [0.4, 0.5) is 5.95 Å². The highest BCUT2D eigenvalue weighted by Gasteiger charge is 2.26. The molecule has 0 aromatic carbocycles. The zero-order valence-electron chi connectivity index (χ0n) is 16.9. The first-order chi connectivity index (χ1) is 13.7. The zero-order valence-corrected chi connectivity index (χ0v) is 17.8. The van der Waals surface area contributed by atoms with Gasteiger partial charge in [0.25, 0.3) is 0 Å². The SMILES string of the molecule is CC1CCN(c2nnc(SCC(=O)NC3CCCC3)n2CC2CCCO2)CC1. The van der Waals surface area contributed by atoms with E-state index in [0.717, 1.165) is 68.9 Å². The quantitative estimate of drug-likeness (QED) is 0.701. The average Bonchev–Trinajstić information content (AvgIpc) is 3.44. The smallest absolute Gasteiger partial charge is 0.230 e. The number of carbonyl (C=O) groups is 1. The van der Waals surface area contributed by atoms with Crippen LogP contribution < -0.4 is 10.2 Å². The summed E-state index contributed by atoms with van der Waals surface area (Å²) >= 11 is 1.50. The van der Waals surface area contributed by atoms with Gasteiger partial charge in [-0.3, -0.25) is 9.36 Å². The minimum atomic E-state index is 0.108. The standard InChI is InChI=1S/C20H33N5O2S/c1-15-8-10-24(11-9-15)19-22-23-20(25(19)13-17-7-4-12-27-17)28-14-18(26)21-16-5-2-3-6-16/h15-17H,2-14H2,1H3,(H,21,26). The molecular weight excluding hydrogens is 374 g/mol. The Kier molecular flexibility index (Phi) is 6.77. The lowest BCUT2D eigenvalue weighted by Gasteiger charge is -2.31. The molecule has 1 unspecified atom stereocenters. The Morgan fingerprint density at radius 3 is 2.64 bits per heavy atom. The lowest BCUT2D eigenvalue weighted by atomic mass is 10.00. The first kappa shape index (κ1) is 20.0. The van der Waals surface area contributed by atoms with Crippen LogP contribution in [0.3, 0.4) is 0 Å². The number of hydrogen-bond donors (Lipinski definition) is 1. The normalized spacial score (nSPS) is 24.2. The number of piperidine rings is 1. The highest BCUT2D eigenvalue weighted by molar-refractivity contribution is 7.99. The summed E-state index contributed by atoms with van der Waals surface area (Å²) in [5.41, 5.74) is 0. The molecule has 3 heterocycles. The molecule has 2 aliphatic heterocycles. The van der Waals surface area contributed by atoms with E-state index in [1.807, 2.05) is 0 Å². The van der Waals surface area contributed by atoms with Crippen LogP contribution >= 0.6 is 11.8 Å². The molecule has 4 rings (SSSR count). The Morgan fingerprint density at radius 1 is 1.14 bits per heavy atom. The Labute approximate surface area is 172 Å². The minimum absolute atomic E-state index is 0.108. The molecule has 3 aliphatic rings. The van der Waals surface area contributed by atoms with E-state index < -0.39 is 0 Å². The van der Waals surface area contributed by atoms with E-state index in [9.17, 15) is 4.79 Å². The fraction of sp³-hybridized carbons (Fsp3) is 0.850. The highest BCUT2D eigenvalue weighted by Crippen LogP contribution is 2.28. The maximum absolute atomic E-state index is 12.3. The monoisotopic (exact) mass is 407 g/mol. The van der Waals surface area contributed by atoms with E-state index >= 15 is 0 Å². The van der Waals surface area contributed by atoms with Gasteiger partial charge in [0.2, 0.25) is 11.9 Å². The van der Waals surface area contributed by atoms with Crippen LogP contribution in [0.15, 0.2) is 5.16 Å². The molecule has 3 fully saturated rings. The minimum Gasteiger partial charge on any atom is -0.376 e. The van der Waals surface area contributed by atoms with Crippen molar-refractivity contribution in [3.8, 4) is 0 Å². The molecule has 1 aromatic heterocycles. The fourth-order valence-corrected chi connectivity index (χ4v) is 5.21. The van der Waals surface area contributed by atoms with E-state index in [1.165, 1.54) is 37.4 Å². The molecule has 7 nitrogen and oxygen atoms in total. The van der Waals surface area contributed by atoms with Crippen molar-refractivity contribution in [3.63, 3.8) is 0 Å². The largest absolute Gasteiger partial charge is 0.376 e. The van der Waals surface area contributed by atoms with Crippen molar-refractivity contribution in [2.45, 2.75) is 82.1 Å². The molecule has 1 saturated carbocycles. The number of hydrogen-bond acceptors (Lipinski definition) is 6. The molecule has 1 atom stereocenters. The van der Waals surface area contributed by atoms with Crippen LogP contribution in [0.2, 0.25) is 0 Å². The lowest BCUT2D eigenvalue weighted by Crippen LogP contribution is -2.35. The van der Waals surface area contributed by atoms with E-state index in [4.69, 9.17) is 4.74 Å². The first-order valence-corrected chi connectivity index (χ1v) is 11.9. The van der Waals surface area contributed by atoms with Crippen molar-refractivity contribution in [3.05, 3.63) is 0 Å². The Bertz CT molecular complexity index is 647. The summed E-state index contributed by atoms with van der Waals surface area (Å²) in [5.74, 6) is 2.23. The molecule has 1 amide bonds. The molecule has 0 bridgehead atoms. The third-order valence-electron chi connectivity index (χ3n) is 6.23. The Morgan fingerprint density at radius 2 is 1.93 bits per heavy atom. The van der Waals surface area contributed by atoms with Crippen molar-refractivity contribution in [1.82, 2.24) is 20.1 Å². The number of thioether (sulfide) groups is 1. The average molecular weight is 408 g/mol. The summed E-state index contributed by atoms with van der Waals surface area (Å²) in [5, 5.41) is 13.0. The van der Waals surface area contributed by atoms with Crippen molar-refractivity contribution >= 4 is 23.6 Å². The molecular formula is C20H33N5O2S. The number of anilines is 1. The van der Waals surface area contributed by atoms with Crippen LogP contribution in [0.5, 0.6) is 0 Å². The van der Waals surface area contributed by atoms with Gasteiger partial charge in [-0.2, -0.15) is 0 Å². The predicted octanol–water partition coefficient (Wildman–Crippen LogP) is 2.84. The van der Waals surface area contributed by atoms with Gasteiger partial charge in [-0.1, -0.05) is 31.5 Å². The molecule has 8 heteroatoms. The molecule has 0 radical (unpaired) electrons. The van der Waals surface area contributed by atoms with Crippen molar-refractivity contribution in [2.75, 3.05) is 30.3 Å². The molecule has 1 aromatic rings. The molecule has 28 heavy (non-hydrogen) atoms. The molecule has 1 aliphatic carbocycles. The summed E-state index contributed by atoms with van der Waals surface area (Å²) in [6.07, 6.45) is 9.50. The number of nitrogens with zero attached hydrogens (tertiary/aromatic N) is 4. The maximum Gasteiger partial charge on any atom is 0.230 e. The van der Waals surface area contributed by atoms with Gasteiger partial charge >= 0.3 is 0 Å². The topological polar surface area (TPSA) is 72.3 Å². The molecule has 2 saturated heterocycles. The molecule has 156 valence electrons. The second-order valence-corrected chi connectivity index (χ2v) is 9.48. The molecule has 1 N–H and O–H groups in total. The molecule has 0 spiro atoms.